The van der Waals surface area contributed by atoms with Crippen molar-refractivity contribution >= 4 is 11.7 Å². The molecule has 0 radical (unpaired) electrons. The molecule has 3 aliphatic rings. The number of carbonyl (C=O) groups excluding carboxylic acids is 2. The first kappa shape index (κ1) is 19.3. The molecule has 0 aromatic carbocycles. The van der Waals surface area contributed by atoms with E-state index in [2.05, 4.69) is 4.90 Å². The Labute approximate surface area is 165 Å². The van der Waals surface area contributed by atoms with Crippen molar-refractivity contribution in [3.05, 3.63) is 34.2 Å². The van der Waals surface area contributed by atoms with Crippen LogP contribution in [0.15, 0.2) is 23.0 Å². The Morgan fingerprint density at radius 1 is 1.07 bits per heavy atom. The Bertz CT molecular complexity index is 810. The second-order valence-electron chi connectivity index (χ2n) is 8.66. The van der Waals surface area contributed by atoms with Gasteiger partial charge in [-0.25, -0.2) is 0 Å². The van der Waals surface area contributed by atoms with Crippen molar-refractivity contribution in [1.82, 2.24) is 14.4 Å². The maximum atomic E-state index is 12.6. The van der Waals surface area contributed by atoms with Gasteiger partial charge in [0.25, 0.3) is 5.56 Å². The number of amides is 1. The molecular formula is C21H29N3O4. The van der Waals surface area contributed by atoms with Crippen LogP contribution in [-0.2, 0) is 20.9 Å². The average Bonchev–Trinajstić information content (AvgIpc) is 2.61. The van der Waals surface area contributed by atoms with Gasteiger partial charge in [-0.15, -0.1) is 0 Å². The Balaban J connectivity index is 1.35. The summed E-state index contributed by atoms with van der Waals surface area (Å²) in [5, 5.41) is 0. The zero-order valence-corrected chi connectivity index (χ0v) is 16.7. The maximum absolute atomic E-state index is 12.6. The number of ketones is 1. The molecule has 2 saturated heterocycles. The summed E-state index contributed by atoms with van der Waals surface area (Å²) in [4.78, 5) is 41.1. The molecule has 0 N–H and O–H groups in total. The number of fused-ring (bicyclic) bond motifs is 4. The van der Waals surface area contributed by atoms with Gasteiger partial charge < -0.3 is 14.2 Å². The van der Waals surface area contributed by atoms with Crippen molar-refractivity contribution in [1.29, 1.82) is 0 Å². The first-order chi connectivity index (χ1) is 13.4. The molecule has 28 heavy (non-hydrogen) atoms. The van der Waals surface area contributed by atoms with Gasteiger partial charge in [-0.05, 0) is 32.3 Å². The number of ether oxygens (including phenoxy) is 1. The van der Waals surface area contributed by atoms with E-state index in [1.54, 1.807) is 11.0 Å². The Morgan fingerprint density at radius 3 is 2.57 bits per heavy atom. The minimum Gasteiger partial charge on any atom is -0.372 e. The lowest BCUT2D eigenvalue weighted by Gasteiger charge is -2.42. The number of carbonyl (C=O) groups is 2. The van der Waals surface area contributed by atoms with Crippen LogP contribution < -0.4 is 5.56 Å². The smallest absolute Gasteiger partial charge is 0.250 e. The fourth-order valence-electron chi connectivity index (χ4n) is 5.09. The van der Waals surface area contributed by atoms with Gasteiger partial charge in [0, 0.05) is 50.4 Å². The molecule has 0 saturated carbocycles. The van der Waals surface area contributed by atoms with Crippen LogP contribution in [0.1, 0.15) is 38.3 Å². The summed E-state index contributed by atoms with van der Waals surface area (Å²) < 4.78 is 7.55. The van der Waals surface area contributed by atoms with Crippen molar-refractivity contribution in [3.63, 3.8) is 0 Å². The minimum absolute atomic E-state index is 0.00717. The third kappa shape index (κ3) is 4.05. The second-order valence-corrected chi connectivity index (χ2v) is 8.66. The number of hydrogen-bond donors (Lipinski definition) is 0. The Morgan fingerprint density at radius 2 is 1.82 bits per heavy atom. The number of likely N-dealkylation sites (tertiary alicyclic amines) is 1. The van der Waals surface area contributed by atoms with Gasteiger partial charge in [-0.3, -0.25) is 19.3 Å². The highest BCUT2D eigenvalue weighted by Crippen LogP contribution is 2.34. The Hall–Kier alpha value is -1.99. The van der Waals surface area contributed by atoms with Crippen molar-refractivity contribution in [3.8, 4) is 0 Å². The van der Waals surface area contributed by atoms with E-state index in [0.717, 1.165) is 31.7 Å². The largest absolute Gasteiger partial charge is 0.372 e. The van der Waals surface area contributed by atoms with E-state index in [9.17, 15) is 14.4 Å². The Kier molecular flexibility index (Phi) is 5.38. The number of rotatable bonds is 4. The quantitative estimate of drug-likeness (QED) is 0.717. The van der Waals surface area contributed by atoms with Crippen LogP contribution in [0.2, 0.25) is 0 Å². The molecule has 4 atom stereocenters. The molecule has 152 valence electrons. The summed E-state index contributed by atoms with van der Waals surface area (Å²) in [6.45, 7) is 7.62. The molecule has 7 heteroatoms. The van der Waals surface area contributed by atoms with E-state index in [-0.39, 0.29) is 41.8 Å². The number of Topliss-reactive ketones (excluding diaryl/α,β-unsaturated/α-hetero) is 1. The number of pyridine rings is 1. The van der Waals surface area contributed by atoms with Gasteiger partial charge >= 0.3 is 0 Å². The molecule has 2 bridgehead atoms. The summed E-state index contributed by atoms with van der Waals surface area (Å²) in [6.07, 6.45) is 1.04. The summed E-state index contributed by atoms with van der Waals surface area (Å²) in [5.41, 5.74) is 1.14. The minimum atomic E-state index is -0.0962. The lowest BCUT2D eigenvalue weighted by molar-refractivity contribution is -0.145. The molecule has 0 aliphatic carbocycles. The third-order valence-corrected chi connectivity index (χ3v) is 6.08. The van der Waals surface area contributed by atoms with Crippen molar-refractivity contribution in [2.45, 2.75) is 51.4 Å². The normalized spacial score (nSPS) is 30.0. The van der Waals surface area contributed by atoms with Gasteiger partial charge in [0.2, 0.25) is 5.91 Å². The molecule has 7 nitrogen and oxygen atoms in total. The van der Waals surface area contributed by atoms with E-state index in [1.807, 2.05) is 30.5 Å². The lowest BCUT2D eigenvalue weighted by Crippen LogP contribution is -2.50. The number of piperidine rings is 1. The van der Waals surface area contributed by atoms with Crippen LogP contribution in [0.25, 0.3) is 0 Å². The second kappa shape index (κ2) is 7.79. The highest BCUT2D eigenvalue weighted by Gasteiger charge is 2.35. The van der Waals surface area contributed by atoms with Crippen LogP contribution in [0.5, 0.6) is 0 Å². The van der Waals surface area contributed by atoms with Crippen molar-refractivity contribution in [2.24, 2.45) is 5.92 Å². The predicted octanol–water partition coefficient (Wildman–Crippen LogP) is 0.862. The van der Waals surface area contributed by atoms with Crippen LogP contribution in [-0.4, -0.2) is 71.0 Å². The number of hydrogen-bond acceptors (Lipinski definition) is 5. The van der Waals surface area contributed by atoms with Crippen LogP contribution in [0.3, 0.4) is 0 Å². The van der Waals surface area contributed by atoms with Gasteiger partial charge in [0.15, 0.2) is 5.78 Å². The number of morpholine rings is 1. The molecule has 1 amide bonds. The topological polar surface area (TPSA) is 71.9 Å². The fraction of sp³-hybridized carbons (Fsp3) is 0.667. The van der Waals surface area contributed by atoms with Crippen LogP contribution >= 0.6 is 0 Å². The van der Waals surface area contributed by atoms with Gasteiger partial charge in [-0.1, -0.05) is 6.07 Å². The predicted molar refractivity (Wildman–Crippen MR) is 104 cm³/mol. The molecule has 1 aromatic rings. The first-order valence-corrected chi connectivity index (χ1v) is 10.3. The third-order valence-electron chi connectivity index (χ3n) is 6.08. The van der Waals surface area contributed by atoms with E-state index < -0.39 is 0 Å². The number of aromatic nitrogens is 1. The van der Waals surface area contributed by atoms with Crippen LogP contribution in [0.4, 0.5) is 0 Å². The molecule has 2 fully saturated rings. The molecule has 4 rings (SSSR count). The fourth-order valence-corrected chi connectivity index (χ4v) is 5.09. The average molecular weight is 387 g/mol. The molecule has 0 spiro atoms. The summed E-state index contributed by atoms with van der Waals surface area (Å²) in [7, 11) is 0. The molecule has 1 aromatic heterocycles. The highest BCUT2D eigenvalue weighted by molar-refractivity contribution is 5.99. The monoisotopic (exact) mass is 387 g/mol. The number of nitrogens with zero attached hydrogens (tertiary/aromatic N) is 3. The molecule has 0 unspecified atom stereocenters. The molecule has 4 heterocycles. The lowest BCUT2D eigenvalue weighted by atomic mass is 9.83. The van der Waals surface area contributed by atoms with Gasteiger partial charge in [-0.2, -0.15) is 0 Å². The molecule has 3 aliphatic heterocycles. The van der Waals surface area contributed by atoms with E-state index in [0.29, 0.717) is 25.6 Å². The van der Waals surface area contributed by atoms with Crippen LogP contribution in [0, 0.1) is 5.92 Å². The SMILES string of the molecule is C[C@@H]1CN(C(=O)CC(=O)CN2C[C@@H]3C[C@H](C2)c2cccc(=O)n2C3)C[C@H](C)O1. The molecular weight excluding hydrogens is 358 g/mol. The van der Waals surface area contributed by atoms with E-state index in [1.165, 1.54) is 0 Å². The summed E-state index contributed by atoms with van der Waals surface area (Å²) in [6, 6.07) is 5.46. The zero-order valence-electron chi connectivity index (χ0n) is 16.7. The van der Waals surface area contributed by atoms with E-state index >= 15 is 0 Å². The summed E-state index contributed by atoms with van der Waals surface area (Å²) >= 11 is 0. The highest BCUT2D eigenvalue weighted by atomic mass is 16.5. The van der Waals surface area contributed by atoms with Crippen molar-refractivity contribution in [2.75, 3.05) is 32.7 Å². The maximum Gasteiger partial charge on any atom is 0.250 e. The van der Waals surface area contributed by atoms with E-state index in [4.69, 9.17) is 4.74 Å². The van der Waals surface area contributed by atoms with Gasteiger partial charge in [0.1, 0.15) is 0 Å². The zero-order chi connectivity index (χ0) is 19.8. The summed E-state index contributed by atoms with van der Waals surface area (Å²) in [5.74, 6) is 0.546. The van der Waals surface area contributed by atoms with Gasteiger partial charge in [0.05, 0.1) is 25.2 Å². The first-order valence-electron chi connectivity index (χ1n) is 10.3. The standard InChI is InChI=1S/C21H29N3O4/c1-14-8-23(9-15(2)28-14)21(27)7-18(25)13-22-10-16-6-17(12-22)19-4-3-5-20(26)24(19)11-16/h3-5,14-17H,6-13H2,1-2H3/t14-,15+,16-,17+/m0/s1. The van der Waals surface area contributed by atoms with Crippen molar-refractivity contribution < 1.29 is 14.3 Å².